The van der Waals surface area contributed by atoms with Gasteiger partial charge in [-0.1, -0.05) is 6.07 Å². The highest BCUT2D eigenvalue weighted by atomic mass is 32.2. The van der Waals surface area contributed by atoms with Gasteiger partial charge in [0.2, 0.25) is 11.8 Å². The van der Waals surface area contributed by atoms with Gasteiger partial charge in [-0.25, -0.2) is 9.97 Å². The van der Waals surface area contributed by atoms with E-state index >= 15 is 0 Å². The minimum Gasteiger partial charge on any atom is -0.593 e. The van der Waals surface area contributed by atoms with Gasteiger partial charge in [-0.3, -0.25) is 4.79 Å². The van der Waals surface area contributed by atoms with Crippen LogP contribution in [0, 0.1) is 19.8 Å². The highest BCUT2D eigenvalue weighted by Gasteiger charge is 2.37. The first-order valence-corrected chi connectivity index (χ1v) is 10.9. The fourth-order valence-electron chi connectivity index (χ4n) is 3.13. The summed E-state index contributed by atoms with van der Waals surface area (Å²) in [6.45, 7) is 2.58. The number of benzene rings is 1. The number of anilines is 1. The number of halogens is 4. The third-order valence-electron chi connectivity index (χ3n) is 4.94. The van der Waals surface area contributed by atoms with E-state index in [-0.39, 0.29) is 17.1 Å². The zero-order valence-electron chi connectivity index (χ0n) is 18.5. The van der Waals surface area contributed by atoms with Gasteiger partial charge in [0.1, 0.15) is 5.56 Å². The molecule has 7 nitrogen and oxygen atoms in total. The zero-order chi connectivity index (χ0) is 25.2. The molecule has 3 rings (SSSR count). The van der Waals surface area contributed by atoms with Crippen molar-refractivity contribution in [2.24, 2.45) is 0 Å². The zero-order valence-corrected chi connectivity index (χ0v) is 19.3. The number of carbonyl (C=O) groups is 1. The minimum absolute atomic E-state index is 0.0242. The van der Waals surface area contributed by atoms with Gasteiger partial charge < -0.3 is 14.2 Å². The molecule has 1 aromatic carbocycles. The summed E-state index contributed by atoms with van der Waals surface area (Å²) in [5.74, 6) is -1.98. The van der Waals surface area contributed by atoms with Crippen LogP contribution in [0.2, 0.25) is 0 Å². The molecule has 1 atom stereocenters. The number of hydrogen-bond donors (Lipinski definition) is 1. The Morgan fingerprint density at radius 2 is 1.91 bits per heavy atom. The van der Waals surface area contributed by atoms with E-state index in [1.807, 2.05) is 0 Å². The number of ether oxygens (including phenoxy) is 1. The fourth-order valence-corrected chi connectivity index (χ4v) is 3.80. The molecule has 1 N–H and O–H groups in total. The van der Waals surface area contributed by atoms with Crippen LogP contribution in [-0.4, -0.2) is 34.5 Å². The molecule has 0 spiro atoms. The molecular weight excluding hydrogens is 476 g/mol. The van der Waals surface area contributed by atoms with E-state index < -0.39 is 52.0 Å². The number of nitrogens with one attached hydrogen (secondary N) is 1. The average molecular weight is 496 g/mol. The Hall–Kier alpha value is -3.22. The largest absolute Gasteiger partial charge is 0.593 e. The highest BCUT2D eigenvalue weighted by Crippen LogP contribution is 2.37. The molecule has 0 saturated heterocycles. The van der Waals surface area contributed by atoms with E-state index in [0.29, 0.717) is 11.1 Å². The standard InChI is InChI=1S/C22H20F4N4O3S/c1-12-16(22(24,25)26)11-28-20(33-17-8-9-18(23)29-13(17)2)19(12)21(31)30(4)14-6-5-7-15(10-14)34(32)27-3/h5-11,27H,1-4H3/t34-/m0/s1. The van der Waals surface area contributed by atoms with E-state index in [1.54, 1.807) is 18.2 Å². The molecule has 0 unspecified atom stereocenters. The first kappa shape index (κ1) is 25.4. The Bertz CT molecular complexity index is 1220. The second-order valence-corrected chi connectivity index (χ2v) is 8.55. The molecule has 3 aromatic rings. The predicted octanol–water partition coefficient (Wildman–Crippen LogP) is 4.56. The molecular formula is C22H20F4N4O3S. The minimum atomic E-state index is -4.76. The number of aromatic nitrogens is 2. The van der Waals surface area contributed by atoms with Gasteiger partial charge in [0.15, 0.2) is 10.6 Å². The van der Waals surface area contributed by atoms with Gasteiger partial charge in [-0.15, -0.1) is 4.72 Å². The summed E-state index contributed by atoms with van der Waals surface area (Å²) in [5.41, 5.74) is -1.52. The Morgan fingerprint density at radius 3 is 2.53 bits per heavy atom. The first-order chi connectivity index (χ1) is 15.9. The number of alkyl halides is 3. The van der Waals surface area contributed by atoms with Gasteiger partial charge in [0, 0.05) is 32.0 Å². The number of pyridine rings is 2. The van der Waals surface area contributed by atoms with E-state index in [9.17, 15) is 26.9 Å². The first-order valence-electron chi connectivity index (χ1n) is 9.79. The van der Waals surface area contributed by atoms with Crippen LogP contribution in [0.4, 0.5) is 23.2 Å². The van der Waals surface area contributed by atoms with Crippen LogP contribution in [0.3, 0.4) is 0 Å². The van der Waals surface area contributed by atoms with Crippen molar-refractivity contribution < 1.29 is 31.6 Å². The van der Waals surface area contributed by atoms with Crippen molar-refractivity contribution >= 4 is 23.0 Å². The number of hydrogen-bond acceptors (Lipinski definition) is 6. The van der Waals surface area contributed by atoms with Crippen molar-refractivity contribution in [1.29, 1.82) is 0 Å². The Morgan fingerprint density at radius 1 is 1.21 bits per heavy atom. The number of carbonyl (C=O) groups excluding carboxylic acids is 1. The lowest BCUT2D eigenvalue weighted by atomic mass is 10.0. The van der Waals surface area contributed by atoms with Crippen molar-refractivity contribution in [2.45, 2.75) is 24.9 Å². The summed E-state index contributed by atoms with van der Waals surface area (Å²) in [6.07, 6.45) is -4.19. The molecule has 2 heterocycles. The number of rotatable bonds is 6. The van der Waals surface area contributed by atoms with E-state index in [2.05, 4.69) is 14.7 Å². The molecule has 34 heavy (non-hydrogen) atoms. The molecule has 0 saturated carbocycles. The smallest absolute Gasteiger partial charge is 0.418 e. The van der Waals surface area contributed by atoms with Gasteiger partial charge >= 0.3 is 6.18 Å². The van der Waals surface area contributed by atoms with E-state index in [0.717, 1.165) is 17.9 Å². The van der Waals surface area contributed by atoms with Gasteiger partial charge in [-0.05, 0) is 43.7 Å². The summed E-state index contributed by atoms with van der Waals surface area (Å²) < 4.78 is 74.3. The summed E-state index contributed by atoms with van der Waals surface area (Å²) in [4.78, 5) is 22.2. The van der Waals surface area contributed by atoms with Crippen LogP contribution in [0.15, 0.2) is 47.5 Å². The van der Waals surface area contributed by atoms with Crippen LogP contribution < -0.4 is 14.4 Å². The maximum Gasteiger partial charge on any atom is 0.418 e. The SMILES string of the molecule is CN[S@@+]([O-])c1cccc(N(C)C(=O)c2c(Oc3ccc(F)nc3C)ncc(C(F)(F)F)c2C)c1. The predicted molar refractivity (Wildman–Crippen MR) is 118 cm³/mol. The lowest BCUT2D eigenvalue weighted by Gasteiger charge is -2.22. The molecule has 0 fully saturated rings. The maximum absolute atomic E-state index is 13.6. The molecule has 0 aliphatic carbocycles. The summed E-state index contributed by atoms with van der Waals surface area (Å²) in [7, 11) is 2.85. The van der Waals surface area contributed by atoms with Crippen molar-refractivity contribution in [3.63, 3.8) is 0 Å². The molecule has 12 heteroatoms. The van der Waals surface area contributed by atoms with E-state index in [4.69, 9.17) is 4.74 Å². The monoisotopic (exact) mass is 496 g/mol. The van der Waals surface area contributed by atoms with Crippen molar-refractivity contribution in [1.82, 2.24) is 14.7 Å². The summed E-state index contributed by atoms with van der Waals surface area (Å²) in [6, 6.07) is 8.39. The lowest BCUT2D eigenvalue weighted by molar-refractivity contribution is -0.138. The number of amides is 1. The van der Waals surface area contributed by atoms with Crippen LogP contribution in [0.1, 0.15) is 27.2 Å². The van der Waals surface area contributed by atoms with Crippen molar-refractivity contribution in [2.75, 3.05) is 19.0 Å². The normalized spacial score (nSPS) is 12.4. The van der Waals surface area contributed by atoms with Crippen molar-refractivity contribution in [3.05, 3.63) is 70.9 Å². The Labute approximate surface area is 196 Å². The summed E-state index contributed by atoms with van der Waals surface area (Å²) >= 11 is -1.54. The average Bonchev–Trinajstić information content (AvgIpc) is 2.78. The topological polar surface area (TPSA) is 90.4 Å². The maximum atomic E-state index is 13.6. The van der Waals surface area contributed by atoms with Crippen LogP contribution in [0.25, 0.3) is 0 Å². The van der Waals surface area contributed by atoms with Crippen LogP contribution in [0.5, 0.6) is 11.6 Å². The molecule has 0 aliphatic heterocycles. The third kappa shape index (κ3) is 5.29. The lowest BCUT2D eigenvalue weighted by Crippen LogP contribution is -2.29. The number of nitrogens with zero attached hydrogens (tertiary/aromatic N) is 3. The third-order valence-corrected chi connectivity index (χ3v) is 5.99. The molecule has 0 radical (unpaired) electrons. The second-order valence-electron chi connectivity index (χ2n) is 7.13. The van der Waals surface area contributed by atoms with E-state index in [1.165, 1.54) is 33.2 Å². The van der Waals surface area contributed by atoms with Gasteiger partial charge in [0.25, 0.3) is 5.91 Å². The molecule has 2 aromatic heterocycles. The molecule has 1 amide bonds. The van der Waals surface area contributed by atoms with Crippen LogP contribution in [-0.2, 0) is 17.5 Å². The summed E-state index contributed by atoms with van der Waals surface area (Å²) in [5, 5.41) is 0. The molecule has 180 valence electrons. The fraction of sp³-hybridized carbons (Fsp3) is 0.227. The Kier molecular flexibility index (Phi) is 7.44. The molecule has 0 bridgehead atoms. The number of aryl methyl sites for hydroxylation is 1. The quantitative estimate of drug-likeness (QED) is 0.306. The Balaban J connectivity index is 2.11. The second kappa shape index (κ2) is 9.95. The highest BCUT2D eigenvalue weighted by molar-refractivity contribution is 7.89. The van der Waals surface area contributed by atoms with Gasteiger partial charge in [0.05, 0.1) is 22.6 Å². The molecule has 0 aliphatic rings. The van der Waals surface area contributed by atoms with Crippen LogP contribution >= 0.6 is 0 Å². The van der Waals surface area contributed by atoms with Gasteiger partial charge in [-0.2, -0.15) is 17.6 Å². The van der Waals surface area contributed by atoms with Crippen molar-refractivity contribution in [3.8, 4) is 11.6 Å².